The maximum atomic E-state index is 11.4. The topological polar surface area (TPSA) is 76.5 Å². The molecule has 0 bridgehead atoms. The number of esters is 1. The molecule has 0 unspecified atom stereocenters. The first-order valence-electron chi connectivity index (χ1n) is 4.02. The molecule has 15 heavy (non-hydrogen) atoms. The Morgan fingerprint density at radius 2 is 2.13 bits per heavy atom. The van der Waals surface area contributed by atoms with Gasteiger partial charge in [0.2, 0.25) is 0 Å². The van der Waals surface area contributed by atoms with Crippen LogP contribution in [0.5, 0.6) is 0 Å². The summed E-state index contributed by atoms with van der Waals surface area (Å²) < 4.78 is 4.85. The first-order valence-corrected chi connectivity index (χ1v) is 5.22. The van der Waals surface area contributed by atoms with Crippen molar-refractivity contribution in [3.8, 4) is 0 Å². The van der Waals surface area contributed by atoms with Gasteiger partial charge in [0.1, 0.15) is 4.88 Å². The summed E-state index contributed by atoms with van der Waals surface area (Å²) in [5, 5.41) is 8.74. The van der Waals surface area contributed by atoms with Gasteiger partial charge < -0.3 is 9.84 Å². The Hall–Kier alpha value is -1.14. The summed E-state index contributed by atoms with van der Waals surface area (Å²) in [6, 6.07) is 0. The maximum Gasteiger partial charge on any atom is 0.356 e. The fraction of sp³-hybridized carbons (Fsp3) is 0.375. The summed E-state index contributed by atoms with van der Waals surface area (Å²) in [6.45, 7) is 3.34. The van der Waals surface area contributed by atoms with Crippen LogP contribution in [-0.2, 0) is 4.74 Å². The standard InChI is InChI=1S/C8H8ClNO4S/c1-3(2)14-7(13)5-4(6(11)12)10-8(9)15-5/h3H,1-2H3,(H,11,12). The summed E-state index contributed by atoms with van der Waals surface area (Å²) in [4.78, 5) is 25.6. The highest BCUT2D eigenvalue weighted by atomic mass is 35.5. The van der Waals surface area contributed by atoms with Crippen molar-refractivity contribution in [1.82, 2.24) is 4.98 Å². The molecule has 0 aliphatic heterocycles. The van der Waals surface area contributed by atoms with Crippen LogP contribution in [0.15, 0.2) is 0 Å². The van der Waals surface area contributed by atoms with Crippen LogP contribution in [0.4, 0.5) is 0 Å². The largest absolute Gasteiger partial charge is 0.476 e. The second-order valence-electron chi connectivity index (χ2n) is 2.90. The van der Waals surface area contributed by atoms with Crippen molar-refractivity contribution in [3.05, 3.63) is 15.0 Å². The molecule has 5 nitrogen and oxygen atoms in total. The van der Waals surface area contributed by atoms with Crippen LogP contribution in [-0.4, -0.2) is 28.1 Å². The van der Waals surface area contributed by atoms with Gasteiger partial charge in [0.25, 0.3) is 0 Å². The zero-order valence-electron chi connectivity index (χ0n) is 7.98. The van der Waals surface area contributed by atoms with Crippen LogP contribution < -0.4 is 0 Å². The van der Waals surface area contributed by atoms with Crippen molar-refractivity contribution in [2.24, 2.45) is 0 Å². The van der Waals surface area contributed by atoms with E-state index in [-0.39, 0.29) is 21.1 Å². The van der Waals surface area contributed by atoms with Crippen LogP contribution >= 0.6 is 22.9 Å². The fourth-order valence-corrected chi connectivity index (χ4v) is 1.83. The van der Waals surface area contributed by atoms with E-state index >= 15 is 0 Å². The number of rotatable bonds is 3. The van der Waals surface area contributed by atoms with Crippen LogP contribution in [0.1, 0.15) is 34.0 Å². The normalized spacial score (nSPS) is 10.4. The van der Waals surface area contributed by atoms with Crippen LogP contribution in [0, 0.1) is 0 Å². The molecule has 0 aliphatic carbocycles. The van der Waals surface area contributed by atoms with Gasteiger partial charge in [-0.1, -0.05) is 22.9 Å². The summed E-state index contributed by atoms with van der Waals surface area (Å²) >= 11 is 6.32. The van der Waals surface area contributed by atoms with E-state index in [1.807, 2.05) is 0 Å². The Balaban J connectivity index is 3.02. The third-order valence-electron chi connectivity index (χ3n) is 1.33. The van der Waals surface area contributed by atoms with Gasteiger partial charge in [-0.15, -0.1) is 0 Å². The molecule has 0 amide bonds. The Labute approximate surface area is 94.7 Å². The van der Waals surface area contributed by atoms with Crippen molar-refractivity contribution in [3.63, 3.8) is 0 Å². The first-order chi connectivity index (χ1) is 6.91. The van der Waals surface area contributed by atoms with E-state index in [2.05, 4.69) is 4.98 Å². The van der Waals surface area contributed by atoms with Gasteiger partial charge >= 0.3 is 11.9 Å². The maximum absolute atomic E-state index is 11.4. The quantitative estimate of drug-likeness (QED) is 0.830. The second kappa shape index (κ2) is 4.59. The monoisotopic (exact) mass is 249 g/mol. The lowest BCUT2D eigenvalue weighted by Gasteiger charge is -2.05. The number of carboxylic acid groups (broad SMARTS) is 1. The van der Waals surface area contributed by atoms with Crippen molar-refractivity contribution < 1.29 is 19.4 Å². The van der Waals surface area contributed by atoms with Gasteiger partial charge in [0.05, 0.1) is 6.10 Å². The molecule has 0 saturated heterocycles. The molecule has 0 aromatic carbocycles. The van der Waals surface area contributed by atoms with Crippen LogP contribution in [0.25, 0.3) is 0 Å². The number of hydrogen-bond acceptors (Lipinski definition) is 5. The fourth-order valence-electron chi connectivity index (χ4n) is 0.845. The molecular weight excluding hydrogens is 242 g/mol. The zero-order valence-corrected chi connectivity index (χ0v) is 9.56. The van der Waals surface area contributed by atoms with E-state index in [1.54, 1.807) is 13.8 Å². The molecule has 1 aromatic rings. The predicted octanol–water partition coefficient (Wildman–Crippen LogP) is 2.06. The van der Waals surface area contributed by atoms with E-state index in [0.717, 1.165) is 11.3 Å². The second-order valence-corrected chi connectivity index (χ2v) is 4.48. The highest BCUT2D eigenvalue weighted by molar-refractivity contribution is 7.17. The van der Waals surface area contributed by atoms with E-state index in [4.69, 9.17) is 21.4 Å². The number of carbonyl (C=O) groups excluding carboxylic acids is 1. The molecule has 1 heterocycles. The third kappa shape index (κ3) is 2.90. The molecule has 0 aliphatic rings. The van der Waals surface area contributed by atoms with Crippen molar-refractivity contribution in [2.75, 3.05) is 0 Å². The van der Waals surface area contributed by atoms with Gasteiger partial charge in [-0.25, -0.2) is 14.6 Å². The number of ether oxygens (including phenoxy) is 1. The number of hydrogen-bond donors (Lipinski definition) is 1. The minimum absolute atomic E-state index is 0.00288. The summed E-state index contributed by atoms with van der Waals surface area (Å²) in [5.74, 6) is -2.01. The molecule has 0 fully saturated rings. The molecular formula is C8H8ClNO4S. The molecule has 0 spiro atoms. The van der Waals surface area contributed by atoms with E-state index in [1.165, 1.54) is 0 Å². The van der Waals surface area contributed by atoms with E-state index in [9.17, 15) is 9.59 Å². The summed E-state index contributed by atoms with van der Waals surface area (Å²) in [5.41, 5.74) is -0.365. The average Bonchev–Trinajstić information content (AvgIpc) is 2.46. The lowest BCUT2D eigenvalue weighted by atomic mass is 10.3. The minimum atomic E-state index is -1.30. The predicted molar refractivity (Wildman–Crippen MR) is 54.6 cm³/mol. The van der Waals surface area contributed by atoms with Gasteiger partial charge in [-0.2, -0.15) is 0 Å². The Morgan fingerprint density at radius 1 is 1.53 bits per heavy atom. The molecule has 1 rings (SSSR count). The molecule has 82 valence electrons. The van der Waals surface area contributed by atoms with Gasteiger partial charge in [0.15, 0.2) is 10.2 Å². The third-order valence-corrected chi connectivity index (χ3v) is 2.47. The van der Waals surface area contributed by atoms with E-state index in [0.29, 0.717) is 0 Å². The molecule has 1 N–H and O–H groups in total. The minimum Gasteiger partial charge on any atom is -0.476 e. The number of aromatic carboxylic acids is 1. The van der Waals surface area contributed by atoms with Gasteiger partial charge in [-0.3, -0.25) is 0 Å². The summed E-state index contributed by atoms with van der Waals surface area (Å²) in [6.07, 6.45) is -0.319. The molecule has 7 heteroatoms. The lowest BCUT2D eigenvalue weighted by molar-refractivity contribution is 0.0376. The highest BCUT2D eigenvalue weighted by Gasteiger charge is 2.24. The van der Waals surface area contributed by atoms with Crippen LogP contribution in [0.2, 0.25) is 4.47 Å². The lowest BCUT2D eigenvalue weighted by Crippen LogP contribution is -2.13. The number of carboxylic acids is 1. The van der Waals surface area contributed by atoms with Gasteiger partial charge in [0, 0.05) is 0 Å². The number of halogens is 1. The molecule has 1 aromatic heterocycles. The Kier molecular flexibility index (Phi) is 3.65. The van der Waals surface area contributed by atoms with Crippen molar-refractivity contribution in [1.29, 1.82) is 0 Å². The summed E-state index contributed by atoms with van der Waals surface area (Å²) in [7, 11) is 0. The molecule has 0 atom stereocenters. The average molecular weight is 250 g/mol. The van der Waals surface area contributed by atoms with Crippen LogP contribution in [0.3, 0.4) is 0 Å². The first kappa shape index (κ1) is 11.9. The number of carbonyl (C=O) groups is 2. The van der Waals surface area contributed by atoms with Crippen molar-refractivity contribution in [2.45, 2.75) is 20.0 Å². The number of thiazole rings is 1. The van der Waals surface area contributed by atoms with Crippen molar-refractivity contribution >= 4 is 34.9 Å². The smallest absolute Gasteiger partial charge is 0.356 e. The molecule has 0 radical (unpaired) electrons. The SMILES string of the molecule is CC(C)OC(=O)c1sc(Cl)nc1C(=O)O. The molecule has 0 saturated carbocycles. The highest BCUT2D eigenvalue weighted by Crippen LogP contribution is 2.24. The Morgan fingerprint density at radius 3 is 2.60 bits per heavy atom. The van der Waals surface area contributed by atoms with Gasteiger partial charge in [-0.05, 0) is 13.8 Å². The number of nitrogens with zero attached hydrogens (tertiary/aromatic N) is 1. The van der Waals surface area contributed by atoms with E-state index < -0.39 is 11.9 Å². The zero-order chi connectivity index (χ0) is 11.6. The Bertz CT molecular complexity index is 401. The number of aromatic nitrogens is 1.